The zero-order chi connectivity index (χ0) is 9.90. The van der Waals surface area contributed by atoms with E-state index in [0.717, 1.165) is 5.56 Å². The molecule has 1 heterocycles. The van der Waals surface area contributed by atoms with Crippen LogP contribution in [-0.4, -0.2) is 18.5 Å². The number of ketones is 1. The molecule has 0 aliphatic carbocycles. The van der Waals surface area contributed by atoms with Gasteiger partial charge in [0.1, 0.15) is 5.60 Å². The van der Waals surface area contributed by atoms with Crippen LogP contribution < -0.4 is 0 Å². The number of Topliss-reactive ketones (excluding diaryl/α,β-unsaturated/α-hetero) is 1. The molecule has 0 amide bonds. The van der Waals surface area contributed by atoms with Crippen LogP contribution in [0.15, 0.2) is 16.8 Å². The van der Waals surface area contributed by atoms with E-state index in [2.05, 4.69) is 0 Å². The number of carbonyl (C=O) groups is 1. The summed E-state index contributed by atoms with van der Waals surface area (Å²) in [7, 11) is 1.58. The third-order valence-electron chi connectivity index (χ3n) is 2.39. The van der Waals surface area contributed by atoms with E-state index in [1.165, 1.54) is 11.3 Å². The number of carbonyl (C=O) groups excluding carboxylic acids is 1. The van der Waals surface area contributed by atoms with Crippen LogP contribution in [-0.2, 0) is 4.74 Å². The molecule has 0 aliphatic rings. The standard InChI is InChI=1S/C10H14O2S/c1-4-10(2,12-3)9(11)8-5-6-13-7-8/h5-7H,4H2,1-3H3. The predicted molar refractivity (Wildman–Crippen MR) is 54.4 cm³/mol. The second-order valence-corrected chi connectivity index (χ2v) is 3.91. The molecule has 0 saturated carbocycles. The van der Waals surface area contributed by atoms with Crippen LogP contribution in [0.3, 0.4) is 0 Å². The second-order valence-electron chi connectivity index (χ2n) is 3.13. The average Bonchev–Trinajstić information content (AvgIpc) is 2.68. The van der Waals surface area contributed by atoms with E-state index < -0.39 is 5.60 Å². The minimum Gasteiger partial charge on any atom is -0.370 e. The predicted octanol–water partition coefficient (Wildman–Crippen LogP) is 2.75. The quantitative estimate of drug-likeness (QED) is 0.695. The first kappa shape index (κ1) is 10.4. The second kappa shape index (κ2) is 4.03. The van der Waals surface area contributed by atoms with Crippen LogP contribution >= 0.6 is 11.3 Å². The van der Waals surface area contributed by atoms with E-state index in [0.29, 0.717) is 6.42 Å². The van der Waals surface area contributed by atoms with Crippen molar-refractivity contribution in [3.63, 3.8) is 0 Å². The van der Waals surface area contributed by atoms with E-state index >= 15 is 0 Å². The van der Waals surface area contributed by atoms with Gasteiger partial charge in [-0.1, -0.05) is 6.92 Å². The van der Waals surface area contributed by atoms with Crippen molar-refractivity contribution in [2.45, 2.75) is 25.9 Å². The van der Waals surface area contributed by atoms with Gasteiger partial charge in [-0.3, -0.25) is 4.79 Å². The molecule has 0 aliphatic heterocycles. The fraction of sp³-hybridized carbons (Fsp3) is 0.500. The molecule has 1 rings (SSSR count). The minimum absolute atomic E-state index is 0.0683. The molecule has 1 atom stereocenters. The lowest BCUT2D eigenvalue weighted by molar-refractivity contribution is 0.0106. The van der Waals surface area contributed by atoms with Crippen molar-refractivity contribution in [3.8, 4) is 0 Å². The number of hydrogen-bond acceptors (Lipinski definition) is 3. The monoisotopic (exact) mass is 198 g/mol. The molecule has 1 unspecified atom stereocenters. The van der Waals surface area contributed by atoms with E-state index in [1.807, 2.05) is 30.7 Å². The van der Waals surface area contributed by atoms with Crippen LogP contribution in [0.1, 0.15) is 30.6 Å². The third kappa shape index (κ3) is 1.98. The summed E-state index contributed by atoms with van der Waals surface area (Å²) in [6, 6.07) is 1.83. The van der Waals surface area contributed by atoms with Crippen LogP contribution in [0.4, 0.5) is 0 Å². The van der Waals surface area contributed by atoms with Gasteiger partial charge in [0, 0.05) is 18.1 Å². The number of ether oxygens (including phenoxy) is 1. The van der Waals surface area contributed by atoms with Crippen molar-refractivity contribution in [2.75, 3.05) is 7.11 Å². The van der Waals surface area contributed by atoms with Gasteiger partial charge >= 0.3 is 0 Å². The average molecular weight is 198 g/mol. The van der Waals surface area contributed by atoms with E-state index in [-0.39, 0.29) is 5.78 Å². The molecule has 0 fully saturated rings. The molecule has 2 nitrogen and oxygen atoms in total. The van der Waals surface area contributed by atoms with Gasteiger partial charge in [0.05, 0.1) is 0 Å². The number of hydrogen-bond donors (Lipinski definition) is 0. The molecular formula is C10H14O2S. The Morgan fingerprint density at radius 3 is 2.77 bits per heavy atom. The maximum atomic E-state index is 11.9. The summed E-state index contributed by atoms with van der Waals surface area (Å²) in [4.78, 5) is 11.9. The first-order valence-corrected chi connectivity index (χ1v) is 5.20. The van der Waals surface area contributed by atoms with E-state index in [1.54, 1.807) is 7.11 Å². The molecule has 13 heavy (non-hydrogen) atoms. The minimum atomic E-state index is -0.666. The van der Waals surface area contributed by atoms with Crippen LogP contribution in [0.25, 0.3) is 0 Å². The normalized spacial score (nSPS) is 15.3. The highest BCUT2D eigenvalue weighted by atomic mass is 32.1. The number of thiophene rings is 1. The summed E-state index contributed by atoms with van der Waals surface area (Å²) in [5, 5.41) is 3.76. The Labute approximate surface area is 82.5 Å². The van der Waals surface area contributed by atoms with Crippen molar-refractivity contribution >= 4 is 17.1 Å². The first-order valence-electron chi connectivity index (χ1n) is 4.26. The van der Waals surface area contributed by atoms with Crippen LogP contribution in [0, 0.1) is 0 Å². The molecule has 0 radical (unpaired) electrons. The topological polar surface area (TPSA) is 26.3 Å². The van der Waals surface area contributed by atoms with Gasteiger partial charge in [-0.25, -0.2) is 0 Å². The molecule has 0 aromatic carbocycles. The molecule has 72 valence electrons. The SMILES string of the molecule is CCC(C)(OC)C(=O)c1ccsc1. The highest BCUT2D eigenvalue weighted by Gasteiger charge is 2.31. The van der Waals surface area contributed by atoms with Crippen molar-refractivity contribution in [3.05, 3.63) is 22.4 Å². The molecule has 0 spiro atoms. The molecule has 1 aromatic heterocycles. The first-order chi connectivity index (χ1) is 6.14. The summed E-state index contributed by atoms with van der Waals surface area (Å²) in [5.74, 6) is 0.0683. The van der Waals surface area contributed by atoms with Crippen LogP contribution in [0.2, 0.25) is 0 Å². The Morgan fingerprint density at radius 1 is 1.69 bits per heavy atom. The molecule has 0 saturated heterocycles. The van der Waals surface area contributed by atoms with Crippen molar-refractivity contribution < 1.29 is 9.53 Å². The zero-order valence-corrected chi connectivity index (χ0v) is 8.98. The fourth-order valence-electron chi connectivity index (χ4n) is 1.10. The van der Waals surface area contributed by atoms with Gasteiger partial charge < -0.3 is 4.74 Å². The van der Waals surface area contributed by atoms with Gasteiger partial charge in [-0.15, -0.1) is 0 Å². The Bertz CT molecular complexity index is 273. The van der Waals surface area contributed by atoms with Gasteiger partial charge in [0.15, 0.2) is 5.78 Å². The van der Waals surface area contributed by atoms with Gasteiger partial charge in [0.25, 0.3) is 0 Å². The molecule has 1 aromatic rings. The van der Waals surface area contributed by atoms with Crippen molar-refractivity contribution in [1.82, 2.24) is 0 Å². The smallest absolute Gasteiger partial charge is 0.195 e. The Balaban J connectivity index is 2.89. The van der Waals surface area contributed by atoms with Crippen molar-refractivity contribution in [1.29, 1.82) is 0 Å². The summed E-state index contributed by atoms with van der Waals surface area (Å²) in [5.41, 5.74) is 0.0809. The molecule has 3 heteroatoms. The number of rotatable bonds is 4. The largest absolute Gasteiger partial charge is 0.370 e. The lowest BCUT2D eigenvalue weighted by Crippen LogP contribution is -2.36. The fourth-order valence-corrected chi connectivity index (χ4v) is 1.73. The van der Waals surface area contributed by atoms with Crippen LogP contribution in [0.5, 0.6) is 0 Å². The summed E-state index contributed by atoms with van der Waals surface area (Å²) >= 11 is 1.53. The Kier molecular flexibility index (Phi) is 3.22. The van der Waals surface area contributed by atoms with Crippen molar-refractivity contribution in [2.24, 2.45) is 0 Å². The maximum Gasteiger partial charge on any atom is 0.195 e. The summed E-state index contributed by atoms with van der Waals surface area (Å²) in [6.45, 7) is 3.78. The maximum absolute atomic E-state index is 11.9. The lowest BCUT2D eigenvalue weighted by Gasteiger charge is -2.24. The summed E-state index contributed by atoms with van der Waals surface area (Å²) < 4.78 is 5.23. The van der Waals surface area contributed by atoms with Gasteiger partial charge in [-0.05, 0) is 24.8 Å². The third-order valence-corrected chi connectivity index (χ3v) is 3.07. The van der Waals surface area contributed by atoms with E-state index in [4.69, 9.17) is 4.74 Å². The van der Waals surface area contributed by atoms with Gasteiger partial charge in [-0.2, -0.15) is 11.3 Å². The van der Waals surface area contributed by atoms with E-state index in [9.17, 15) is 4.79 Å². The molecule has 0 N–H and O–H groups in total. The summed E-state index contributed by atoms with van der Waals surface area (Å²) in [6.07, 6.45) is 0.693. The highest BCUT2D eigenvalue weighted by Crippen LogP contribution is 2.21. The number of methoxy groups -OCH3 is 1. The lowest BCUT2D eigenvalue weighted by atomic mass is 9.94. The zero-order valence-electron chi connectivity index (χ0n) is 8.16. The van der Waals surface area contributed by atoms with Gasteiger partial charge in [0.2, 0.25) is 0 Å². The molecular weight excluding hydrogens is 184 g/mol. The highest BCUT2D eigenvalue weighted by molar-refractivity contribution is 7.08. The Hall–Kier alpha value is -0.670. The Morgan fingerprint density at radius 2 is 2.38 bits per heavy atom. The molecule has 0 bridgehead atoms.